The Bertz CT molecular complexity index is 469. The SMILES string of the molecule is O=C(CC1CNc2ccccc21)NCC1CCOCC1. The molecule has 20 heavy (non-hydrogen) atoms. The zero-order valence-corrected chi connectivity index (χ0v) is 11.7. The minimum atomic E-state index is 0.167. The number of hydrogen-bond acceptors (Lipinski definition) is 3. The Hall–Kier alpha value is -1.55. The normalized spacial score (nSPS) is 22.1. The maximum atomic E-state index is 12.1. The Morgan fingerprint density at radius 1 is 1.30 bits per heavy atom. The molecule has 0 saturated carbocycles. The lowest BCUT2D eigenvalue weighted by molar-refractivity contribution is -0.121. The van der Waals surface area contributed by atoms with Crippen molar-refractivity contribution < 1.29 is 9.53 Å². The minimum absolute atomic E-state index is 0.167. The number of carbonyl (C=O) groups excluding carboxylic acids is 1. The summed E-state index contributed by atoms with van der Waals surface area (Å²) in [5.74, 6) is 1.06. The molecule has 1 aromatic carbocycles. The standard InChI is InChI=1S/C16H22N2O2/c19-16(18-10-12-5-7-20-8-6-12)9-13-11-17-15-4-2-1-3-14(13)15/h1-4,12-13,17H,5-11H2,(H,18,19). The molecule has 3 rings (SSSR count). The van der Waals surface area contributed by atoms with E-state index in [2.05, 4.69) is 22.8 Å². The first-order chi connectivity index (χ1) is 9.83. The number of anilines is 1. The topological polar surface area (TPSA) is 50.4 Å². The van der Waals surface area contributed by atoms with E-state index in [-0.39, 0.29) is 5.91 Å². The Kier molecular flexibility index (Phi) is 4.21. The van der Waals surface area contributed by atoms with Crippen molar-refractivity contribution in [3.63, 3.8) is 0 Å². The fourth-order valence-electron chi connectivity index (χ4n) is 3.04. The number of para-hydroxylation sites is 1. The third-order valence-electron chi connectivity index (χ3n) is 4.30. The molecule has 0 aromatic heterocycles. The summed E-state index contributed by atoms with van der Waals surface area (Å²) < 4.78 is 5.33. The molecule has 0 radical (unpaired) electrons. The van der Waals surface area contributed by atoms with Gasteiger partial charge in [0.1, 0.15) is 0 Å². The van der Waals surface area contributed by atoms with Gasteiger partial charge in [-0.1, -0.05) is 18.2 Å². The molecule has 1 aromatic rings. The summed E-state index contributed by atoms with van der Waals surface area (Å²) in [7, 11) is 0. The molecule has 2 N–H and O–H groups in total. The van der Waals surface area contributed by atoms with Gasteiger partial charge in [-0.3, -0.25) is 4.79 Å². The van der Waals surface area contributed by atoms with E-state index >= 15 is 0 Å². The van der Waals surface area contributed by atoms with Crippen molar-refractivity contribution in [1.29, 1.82) is 0 Å². The first kappa shape index (κ1) is 13.4. The summed E-state index contributed by atoms with van der Waals surface area (Å²) in [5, 5.41) is 6.45. The van der Waals surface area contributed by atoms with E-state index in [1.165, 1.54) is 11.3 Å². The molecule has 2 aliphatic heterocycles. The second kappa shape index (κ2) is 6.27. The average molecular weight is 274 g/mol. The van der Waals surface area contributed by atoms with Crippen molar-refractivity contribution in [1.82, 2.24) is 5.32 Å². The summed E-state index contributed by atoms with van der Waals surface area (Å²) in [4.78, 5) is 12.1. The lowest BCUT2D eigenvalue weighted by Gasteiger charge is -2.22. The third kappa shape index (κ3) is 3.12. The summed E-state index contributed by atoms with van der Waals surface area (Å²) in [6.45, 7) is 3.33. The first-order valence-corrected chi connectivity index (χ1v) is 7.50. The quantitative estimate of drug-likeness (QED) is 0.884. The summed E-state index contributed by atoms with van der Waals surface area (Å²) in [6.07, 6.45) is 2.70. The predicted molar refractivity (Wildman–Crippen MR) is 78.8 cm³/mol. The van der Waals surface area contributed by atoms with E-state index in [1.807, 2.05) is 12.1 Å². The van der Waals surface area contributed by atoms with Crippen LogP contribution in [0.15, 0.2) is 24.3 Å². The van der Waals surface area contributed by atoms with Gasteiger partial charge in [0, 0.05) is 44.3 Å². The van der Waals surface area contributed by atoms with E-state index in [0.717, 1.165) is 39.1 Å². The lowest BCUT2D eigenvalue weighted by Crippen LogP contribution is -2.33. The molecule has 0 spiro atoms. The van der Waals surface area contributed by atoms with Crippen LogP contribution in [0.2, 0.25) is 0 Å². The molecule has 2 heterocycles. The van der Waals surface area contributed by atoms with Gasteiger partial charge in [-0.15, -0.1) is 0 Å². The Morgan fingerprint density at radius 3 is 2.95 bits per heavy atom. The summed E-state index contributed by atoms with van der Waals surface area (Å²) in [6, 6.07) is 8.26. The van der Waals surface area contributed by atoms with Crippen molar-refractivity contribution in [2.45, 2.75) is 25.2 Å². The minimum Gasteiger partial charge on any atom is -0.384 e. The van der Waals surface area contributed by atoms with Crippen molar-refractivity contribution in [3.8, 4) is 0 Å². The second-order valence-electron chi connectivity index (χ2n) is 5.73. The molecule has 1 atom stereocenters. The van der Waals surface area contributed by atoms with E-state index in [1.54, 1.807) is 0 Å². The van der Waals surface area contributed by atoms with E-state index in [0.29, 0.717) is 18.3 Å². The van der Waals surface area contributed by atoms with Crippen LogP contribution in [0.3, 0.4) is 0 Å². The van der Waals surface area contributed by atoms with Gasteiger partial charge in [-0.25, -0.2) is 0 Å². The molecule has 0 aliphatic carbocycles. The van der Waals surface area contributed by atoms with Gasteiger partial charge < -0.3 is 15.4 Å². The average Bonchev–Trinajstić information content (AvgIpc) is 2.90. The van der Waals surface area contributed by atoms with Crippen LogP contribution in [-0.2, 0) is 9.53 Å². The number of fused-ring (bicyclic) bond motifs is 1. The van der Waals surface area contributed by atoms with Crippen molar-refractivity contribution in [2.75, 3.05) is 31.6 Å². The molecular formula is C16H22N2O2. The van der Waals surface area contributed by atoms with Gasteiger partial charge in [0.15, 0.2) is 0 Å². The van der Waals surface area contributed by atoms with Crippen LogP contribution in [0.25, 0.3) is 0 Å². The van der Waals surface area contributed by atoms with Gasteiger partial charge in [0.05, 0.1) is 0 Å². The molecule has 2 aliphatic rings. The largest absolute Gasteiger partial charge is 0.384 e. The van der Waals surface area contributed by atoms with Crippen LogP contribution in [0.4, 0.5) is 5.69 Å². The molecule has 4 heteroatoms. The summed E-state index contributed by atoms with van der Waals surface area (Å²) >= 11 is 0. The molecule has 1 amide bonds. The second-order valence-corrected chi connectivity index (χ2v) is 5.73. The van der Waals surface area contributed by atoms with Gasteiger partial charge in [0.2, 0.25) is 5.91 Å². The molecule has 4 nitrogen and oxygen atoms in total. The zero-order chi connectivity index (χ0) is 13.8. The van der Waals surface area contributed by atoms with Gasteiger partial charge >= 0.3 is 0 Å². The van der Waals surface area contributed by atoms with E-state index in [4.69, 9.17) is 4.74 Å². The number of carbonyl (C=O) groups is 1. The van der Waals surface area contributed by atoms with E-state index < -0.39 is 0 Å². The Morgan fingerprint density at radius 2 is 2.10 bits per heavy atom. The fourth-order valence-corrected chi connectivity index (χ4v) is 3.04. The van der Waals surface area contributed by atoms with Crippen molar-refractivity contribution in [2.24, 2.45) is 5.92 Å². The number of amides is 1. The lowest BCUT2D eigenvalue weighted by atomic mass is 9.97. The number of ether oxygens (including phenoxy) is 1. The molecule has 108 valence electrons. The monoisotopic (exact) mass is 274 g/mol. The molecule has 1 saturated heterocycles. The first-order valence-electron chi connectivity index (χ1n) is 7.50. The van der Waals surface area contributed by atoms with Gasteiger partial charge in [-0.05, 0) is 30.4 Å². The molecule has 1 fully saturated rings. The van der Waals surface area contributed by atoms with Crippen LogP contribution >= 0.6 is 0 Å². The maximum absolute atomic E-state index is 12.1. The van der Waals surface area contributed by atoms with Crippen LogP contribution in [0.5, 0.6) is 0 Å². The number of hydrogen-bond donors (Lipinski definition) is 2. The number of benzene rings is 1. The van der Waals surface area contributed by atoms with Gasteiger partial charge in [0.25, 0.3) is 0 Å². The highest BCUT2D eigenvalue weighted by atomic mass is 16.5. The fraction of sp³-hybridized carbons (Fsp3) is 0.562. The Labute approximate surface area is 119 Å². The van der Waals surface area contributed by atoms with Crippen LogP contribution < -0.4 is 10.6 Å². The molecular weight excluding hydrogens is 252 g/mol. The third-order valence-corrected chi connectivity index (χ3v) is 4.30. The highest BCUT2D eigenvalue weighted by Gasteiger charge is 2.24. The van der Waals surface area contributed by atoms with Gasteiger partial charge in [-0.2, -0.15) is 0 Å². The number of nitrogens with one attached hydrogen (secondary N) is 2. The van der Waals surface area contributed by atoms with Crippen molar-refractivity contribution in [3.05, 3.63) is 29.8 Å². The van der Waals surface area contributed by atoms with E-state index in [9.17, 15) is 4.79 Å². The highest BCUT2D eigenvalue weighted by Crippen LogP contribution is 2.33. The van der Waals surface area contributed by atoms with Crippen molar-refractivity contribution >= 4 is 11.6 Å². The van der Waals surface area contributed by atoms with Crippen LogP contribution in [0.1, 0.15) is 30.7 Å². The number of rotatable bonds is 4. The predicted octanol–water partition coefficient (Wildman–Crippen LogP) is 2.13. The molecule has 1 unspecified atom stereocenters. The highest BCUT2D eigenvalue weighted by molar-refractivity contribution is 5.78. The van der Waals surface area contributed by atoms with Crippen LogP contribution in [-0.4, -0.2) is 32.2 Å². The molecule has 0 bridgehead atoms. The zero-order valence-electron chi connectivity index (χ0n) is 11.7. The maximum Gasteiger partial charge on any atom is 0.220 e. The Balaban J connectivity index is 1.47. The summed E-state index contributed by atoms with van der Waals surface area (Å²) in [5.41, 5.74) is 2.45. The van der Waals surface area contributed by atoms with Crippen LogP contribution in [0, 0.1) is 5.92 Å². The smallest absolute Gasteiger partial charge is 0.220 e.